The topological polar surface area (TPSA) is 67.4 Å². The molecule has 5 heteroatoms. The first-order valence-electron chi connectivity index (χ1n) is 7.02. The number of benzene rings is 1. The van der Waals surface area contributed by atoms with Crippen LogP contribution in [0, 0.1) is 0 Å². The van der Waals surface area contributed by atoms with Crippen molar-refractivity contribution >= 4 is 17.6 Å². The van der Waals surface area contributed by atoms with Crippen LogP contribution in [0.15, 0.2) is 24.3 Å². The van der Waals surface area contributed by atoms with Crippen LogP contribution < -0.4 is 10.6 Å². The van der Waals surface area contributed by atoms with Gasteiger partial charge in [-0.2, -0.15) is 0 Å². The zero-order chi connectivity index (χ0) is 14.4. The lowest BCUT2D eigenvalue weighted by molar-refractivity contribution is -0.143. The summed E-state index contributed by atoms with van der Waals surface area (Å²) in [5.41, 5.74) is 1.54. The largest absolute Gasteiger partial charge is 0.466 e. The molecule has 2 rings (SSSR count). The molecule has 1 aromatic rings. The lowest BCUT2D eigenvalue weighted by Crippen LogP contribution is -2.44. The van der Waals surface area contributed by atoms with Crippen molar-refractivity contribution in [3.63, 3.8) is 0 Å². The van der Waals surface area contributed by atoms with E-state index in [2.05, 4.69) is 10.6 Å². The summed E-state index contributed by atoms with van der Waals surface area (Å²) < 4.78 is 4.87. The number of esters is 1. The number of fused-ring (bicyclic) bond motifs is 1. The van der Waals surface area contributed by atoms with E-state index in [4.69, 9.17) is 4.74 Å². The van der Waals surface area contributed by atoms with E-state index in [0.717, 1.165) is 24.9 Å². The molecule has 108 valence electrons. The average Bonchev–Trinajstić information content (AvgIpc) is 2.44. The number of hydrogen-bond acceptors (Lipinski definition) is 4. The maximum Gasteiger partial charge on any atom is 0.305 e. The van der Waals surface area contributed by atoms with Crippen molar-refractivity contribution in [2.24, 2.45) is 0 Å². The highest BCUT2D eigenvalue weighted by Crippen LogP contribution is 2.21. The van der Waals surface area contributed by atoms with Gasteiger partial charge < -0.3 is 15.4 Å². The van der Waals surface area contributed by atoms with Gasteiger partial charge in [0.15, 0.2) is 0 Å². The van der Waals surface area contributed by atoms with Crippen LogP contribution in [0.25, 0.3) is 0 Å². The van der Waals surface area contributed by atoms with E-state index in [1.807, 2.05) is 18.2 Å². The van der Waals surface area contributed by atoms with Gasteiger partial charge in [-0.3, -0.25) is 9.59 Å². The summed E-state index contributed by atoms with van der Waals surface area (Å²) in [7, 11) is 0. The van der Waals surface area contributed by atoms with Gasteiger partial charge >= 0.3 is 5.97 Å². The maximum absolute atomic E-state index is 11.9. The Hall–Kier alpha value is -2.04. The first-order chi connectivity index (χ1) is 9.70. The second-order valence-corrected chi connectivity index (χ2v) is 4.77. The molecule has 0 radical (unpaired) electrons. The Labute approximate surface area is 118 Å². The van der Waals surface area contributed by atoms with Gasteiger partial charge in [-0.25, -0.2) is 0 Å². The lowest BCUT2D eigenvalue weighted by atomic mass is 10.1. The lowest BCUT2D eigenvalue weighted by Gasteiger charge is -2.27. The van der Waals surface area contributed by atoms with E-state index in [0.29, 0.717) is 18.6 Å². The first-order valence-corrected chi connectivity index (χ1v) is 7.02. The molecule has 1 aromatic carbocycles. The summed E-state index contributed by atoms with van der Waals surface area (Å²) in [6.45, 7) is 2.23. The summed E-state index contributed by atoms with van der Waals surface area (Å²) in [5.74, 6) is -0.201. The Kier molecular flexibility index (Phi) is 4.98. The maximum atomic E-state index is 11.9. The van der Waals surface area contributed by atoms with Crippen molar-refractivity contribution in [3.8, 4) is 0 Å². The molecule has 20 heavy (non-hydrogen) atoms. The molecular weight excluding hydrogens is 256 g/mol. The highest BCUT2D eigenvalue weighted by molar-refractivity contribution is 6.01. The second-order valence-electron chi connectivity index (χ2n) is 4.77. The van der Waals surface area contributed by atoms with E-state index in [1.54, 1.807) is 13.0 Å². The number of para-hydroxylation sites is 1. The van der Waals surface area contributed by atoms with E-state index < -0.39 is 0 Å². The number of anilines is 1. The van der Waals surface area contributed by atoms with E-state index in [9.17, 15) is 9.59 Å². The third-order valence-corrected chi connectivity index (χ3v) is 3.24. The molecule has 1 unspecified atom stereocenters. The number of ether oxygens (including phenoxy) is 1. The third-order valence-electron chi connectivity index (χ3n) is 3.24. The molecule has 0 aliphatic carbocycles. The Balaban J connectivity index is 1.76. The number of carbonyl (C=O) groups is 2. The molecule has 1 aliphatic heterocycles. The minimum atomic E-state index is -0.154. The fourth-order valence-electron chi connectivity index (χ4n) is 2.26. The van der Waals surface area contributed by atoms with Gasteiger partial charge in [0.05, 0.1) is 18.3 Å². The number of hydrogen-bond donors (Lipinski definition) is 2. The smallest absolute Gasteiger partial charge is 0.305 e. The van der Waals surface area contributed by atoms with Gasteiger partial charge in [0, 0.05) is 12.1 Å². The van der Waals surface area contributed by atoms with Crippen LogP contribution >= 0.6 is 0 Å². The SMILES string of the molecule is CCOC(=O)CCCCC1NC(=O)c2ccccc2N1. The Morgan fingerprint density at radius 3 is 2.85 bits per heavy atom. The van der Waals surface area contributed by atoms with Crippen LogP contribution in [-0.4, -0.2) is 24.6 Å². The van der Waals surface area contributed by atoms with E-state index >= 15 is 0 Å². The summed E-state index contributed by atoms with van der Waals surface area (Å²) in [5, 5.41) is 6.21. The van der Waals surface area contributed by atoms with Gasteiger partial charge in [-0.15, -0.1) is 0 Å². The zero-order valence-electron chi connectivity index (χ0n) is 11.6. The third kappa shape index (κ3) is 3.73. The summed E-state index contributed by atoms with van der Waals surface area (Å²) >= 11 is 0. The van der Waals surface area contributed by atoms with Crippen molar-refractivity contribution in [1.29, 1.82) is 0 Å². The molecule has 1 aliphatic rings. The first kappa shape index (κ1) is 14.4. The molecular formula is C15H20N2O3. The second kappa shape index (κ2) is 6.93. The Morgan fingerprint density at radius 1 is 1.25 bits per heavy atom. The summed E-state index contributed by atoms with van der Waals surface area (Å²) in [6, 6.07) is 7.45. The number of carbonyl (C=O) groups excluding carboxylic acids is 2. The molecule has 1 heterocycles. The minimum absolute atomic E-state index is 0.0465. The minimum Gasteiger partial charge on any atom is -0.466 e. The zero-order valence-corrected chi connectivity index (χ0v) is 11.6. The van der Waals surface area contributed by atoms with Crippen LogP contribution in [0.3, 0.4) is 0 Å². The van der Waals surface area contributed by atoms with Crippen LogP contribution in [-0.2, 0) is 9.53 Å². The fraction of sp³-hybridized carbons (Fsp3) is 0.467. The van der Waals surface area contributed by atoms with Crippen molar-refractivity contribution < 1.29 is 14.3 Å². The molecule has 5 nitrogen and oxygen atoms in total. The van der Waals surface area contributed by atoms with E-state index in [-0.39, 0.29) is 18.0 Å². The molecule has 1 atom stereocenters. The van der Waals surface area contributed by atoms with Crippen molar-refractivity contribution in [2.45, 2.75) is 38.8 Å². The normalized spacial score (nSPS) is 16.9. The van der Waals surface area contributed by atoms with Gasteiger partial charge in [0.1, 0.15) is 0 Å². The Morgan fingerprint density at radius 2 is 2.05 bits per heavy atom. The van der Waals surface area contributed by atoms with Gasteiger partial charge in [0.2, 0.25) is 0 Å². The number of nitrogens with one attached hydrogen (secondary N) is 2. The van der Waals surface area contributed by atoms with Crippen molar-refractivity contribution in [2.75, 3.05) is 11.9 Å². The molecule has 0 spiro atoms. The van der Waals surface area contributed by atoms with Gasteiger partial charge in [0.25, 0.3) is 5.91 Å². The standard InChI is InChI=1S/C15H20N2O3/c1-2-20-14(18)10-6-5-9-13-16-12-8-4-3-7-11(12)15(19)17-13/h3-4,7-8,13,16H,2,5-6,9-10H2,1H3,(H,17,19). The van der Waals surface area contributed by atoms with E-state index in [1.165, 1.54) is 0 Å². The summed E-state index contributed by atoms with van der Waals surface area (Å²) in [6.07, 6.45) is 2.79. The molecule has 0 aromatic heterocycles. The molecule has 0 saturated heterocycles. The van der Waals surface area contributed by atoms with Crippen LogP contribution in [0.1, 0.15) is 43.0 Å². The molecule has 1 amide bonds. The highest BCUT2D eigenvalue weighted by atomic mass is 16.5. The van der Waals surface area contributed by atoms with Gasteiger partial charge in [-0.05, 0) is 38.3 Å². The van der Waals surface area contributed by atoms with Crippen molar-refractivity contribution in [1.82, 2.24) is 5.32 Å². The predicted octanol–water partition coefficient (Wildman–Crippen LogP) is 2.29. The molecule has 0 saturated carbocycles. The van der Waals surface area contributed by atoms with Crippen LogP contribution in [0.2, 0.25) is 0 Å². The average molecular weight is 276 g/mol. The molecule has 0 fully saturated rings. The summed E-state index contributed by atoms with van der Waals surface area (Å²) in [4.78, 5) is 23.1. The van der Waals surface area contributed by atoms with Gasteiger partial charge in [-0.1, -0.05) is 12.1 Å². The highest BCUT2D eigenvalue weighted by Gasteiger charge is 2.22. The van der Waals surface area contributed by atoms with Crippen LogP contribution in [0.5, 0.6) is 0 Å². The number of amides is 1. The molecule has 0 bridgehead atoms. The Bertz CT molecular complexity index is 488. The molecule has 2 N–H and O–H groups in total. The van der Waals surface area contributed by atoms with Crippen molar-refractivity contribution in [3.05, 3.63) is 29.8 Å². The monoisotopic (exact) mass is 276 g/mol. The predicted molar refractivity (Wildman–Crippen MR) is 76.4 cm³/mol. The quantitative estimate of drug-likeness (QED) is 0.618. The van der Waals surface area contributed by atoms with Crippen LogP contribution in [0.4, 0.5) is 5.69 Å². The fourth-order valence-corrected chi connectivity index (χ4v) is 2.26. The number of unbranched alkanes of at least 4 members (excludes halogenated alkanes) is 1. The number of rotatable bonds is 6.